The van der Waals surface area contributed by atoms with E-state index in [4.69, 9.17) is 9.40 Å². The van der Waals surface area contributed by atoms with Crippen LogP contribution in [0.1, 0.15) is 25.8 Å². The molecule has 2 atom stereocenters. The fourth-order valence-corrected chi connectivity index (χ4v) is 4.39. The van der Waals surface area contributed by atoms with Gasteiger partial charge in [0.2, 0.25) is 5.89 Å². The lowest BCUT2D eigenvalue weighted by molar-refractivity contribution is 0.134. The highest BCUT2D eigenvalue weighted by molar-refractivity contribution is 9.10. The van der Waals surface area contributed by atoms with Crippen molar-refractivity contribution in [2.24, 2.45) is 11.8 Å². The second-order valence-electron chi connectivity index (χ2n) is 7.47. The molecule has 25 heavy (non-hydrogen) atoms. The van der Waals surface area contributed by atoms with E-state index in [1.165, 1.54) is 25.1 Å². The highest BCUT2D eigenvalue weighted by atomic mass is 79.9. The molecular weight excluding hydrogens is 376 g/mol. The molecule has 4 heteroatoms. The number of nitrogens with zero attached hydrogens (tertiary/aromatic N) is 2. The number of aromatic nitrogens is 1. The molecule has 0 saturated carbocycles. The number of oxazole rings is 1. The maximum Gasteiger partial charge on any atom is 0.227 e. The van der Waals surface area contributed by atoms with Crippen molar-refractivity contribution < 1.29 is 4.42 Å². The van der Waals surface area contributed by atoms with Crippen molar-refractivity contribution in [3.05, 3.63) is 52.5 Å². The van der Waals surface area contributed by atoms with Crippen LogP contribution in [0, 0.1) is 11.8 Å². The number of likely N-dealkylation sites (tertiary alicyclic amines) is 1. The molecule has 130 valence electrons. The van der Waals surface area contributed by atoms with Gasteiger partial charge in [0.15, 0.2) is 5.58 Å². The molecule has 1 aliphatic heterocycles. The van der Waals surface area contributed by atoms with Crippen molar-refractivity contribution in [2.75, 3.05) is 13.1 Å². The molecule has 0 bridgehead atoms. The number of fused-ring (bicyclic) bond motifs is 1. The van der Waals surface area contributed by atoms with Crippen molar-refractivity contribution >= 4 is 27.0 Å². The Kier molecular flexibility index (Phi) is 4.65. The zero-order valence-corrected chi connectivity index (χ0v) is 16.3. The number of hydrogen-bond acceptors (Lipinski definition) is 3. The standard InChI is InChI=1S/C21H23BrN2O/c1-14-8-15(2)12-24(11-14)13-16-6-7-20-19(9-16)23-21(25-20)17-4-3-5-18(22)10-17/h3-7,9-10,14-15H,8,11-13H2,1-2H3/t14-,15-/m1/s1. The summed E-state index contributed by atoms with van der Waals surface area (Å²) < 4.78 is 6.97. The molecule has 1 aliphatic rings. The van der Waals surface area contributed by atoms with Crippen LogP contribution in [0.25, 0.3) is 22.6 Å². The largest absolute Gasteiger partial charge is 0.436 e. The third-order valence-electron chi connectivity index (χ3n) is 4.87. The van der Waals surface area contributed by atoms with E-state index in [1.807, 2.05) is 24.3 Å². The molecule has 0 N–H and O–H groups in total. The van der Waals surface area contributed by atoms with Gasteiger partial charge >= 0.3 is 0 Å². The molecular formula is C21H23BrN2O. The summed E-state index contributed by atoms with van der Waals surface area (Å²) in [6.07, 6.45) is 1.34. The molecule has 3 aromatic rings. The van der Waals surface area contributed by atoms with Gasteiger partial charge in [-0.1, -0.05) is 41.9 Å². The average molecular weight is 399 g/mol. The zero-order chi connectivity index (χ0) is 17.4. The van der Waals surface area contributed by atoms with E-state index in [9.17, 15) is 0 Å². The van der Waals surface area contributed by atoms with Crippen LogP contribution in [-0.2, 0) is 6.54 Å². The smallest absolute Gasteiger partial charge is 0.227 e. The molecule has 0 radical (unpaired) electrons. The Morgan fingerprint density at radius 2 is 1.92 bits per heavy atom. The molecule has 0 aliphatic carbocycles. The van der Waals surface area contributed by atoms with E-state index < -0.39 is 0 Å². The SMILES string of the molecule is C[C@@H]1C[C@@H](C)CN(Cc2ccc3oc(-c4cccc(Br)c4)nc3c2)C1. The second-order valence-corrected chi connectivity index (χ2v) is 8.39. The topological polar surface area (TPSA) is 29.3 Å². The summed E-state index contributed by atoms with van der Waals surface area (Å²) in [7, 11) is 0. The molecule has 0 spiro atoms. The second kappa shape index (κ2) is 6.93. The Morgan fingerprint density at radius 3 is 2.68 bits per heavy atom. The van der Waals surface area contributed by atoms with E-state index in [2.05, 4.69) is 52.9 Å². The van der Waals surface area contributed by atoms with Crippen LogP contribution in [-0.4, -0.2) is 23.0 Å². The monoisotopic (exact) mass is 398 g/mol. The first-order chi connectivity index (χ1) is 12.1. The molecule has 0 unspecified atom stereocenters. The summed E-state index contributed by atoms with van der Waals surface area (Å²) in [5, 5.41) is 0. The minimum Gasteiger partial charge on any atom is -0.436 e. The number of hydrogen-bond donors (Lipinski definition) is 0. The van der Waals surface area contributed by atoms with E-state index in [-0.39, 0.29) is 0 Å². The Labute approximate surface area is 157 Å². The summed E-state index contributed by atoms with van der Waals surface area (Å²) >= 11 is 3.50. The fraction of sp³-hybridized carbons (Fsp3) is 0.381. The van der Waals surface area contributed by atoms with Gasteiger partial charge in [-0.2, -0.15) is 0 Å². The van der Waals surface area contributed by atoms with E-state index in [0.717, 1.165) is 39.5 Å². The fourth-order valence-electron chi connectivity index (χ4n) is 4.00. The minimum absolute atomic E-state index is 0.675. The minimum atomic E-state index is 0.675. The first-order valence-electron chi connectivity index (χ1n) is 8.94. The lowest BCUT2D eigenvalue weighted by Gasteiger charge is -2.34. The Balaban J connectivity index is 1.58. The van der Waals surface area contributed by atoms with Crippen molar-refractivity contribution in [2.45, 2.75) is 26.8 Å². The van der Waals surface area contributed by atoms with E-state index >= 15 is 0 Å². The number of halogens is 1. The summed E-state index contributed by atoms with van der Waals surface area (Å²) in [4.78, 5) is 7.27. The third-order valence-corrected chi connectivity index (χ3v) is 5.37. The van der Waals surface area contributed by atoms with Gasteiger partial charge in [0.1, 0.15) is 5.52 Å². The molecule has 4 rings (SSSR count). The Morgan fingerprint density at radius 1 is 1.12 bits per heavy atom. The highest BCUT2D eigenvalue weighted by Crippen LogP contribution is 2.28. The van der Waals surface area contributed by atoms with Gasteiger partial charge in [-0.05, 0) is 54.2 Å². The molecule has 1 saturated heterocycles. The van der Waals surface area contributed by atoms with Crippen molar-refractivity contribution in [1.29, 1.82) is 0 Å². The summed E-state index contributed by atoms with van der Waals surface area (Å²) in [6.45, 7) is 8.07. The highest BCUT2D eigenvalue weighted by Gasteiger charge is 2.21. The quantitative estimate of drug-likeness (QED) is 0.563. The molecule has 0 amide bonds. The molecule has 2 heterocycles. The van der Waals surface area contributed by atoms with Gasteiger partial charge in [0.25, 0.3) is 0 Å². The normalized spacial score (nSPS) is 21.7. The first kappa shape index (κ1) is 16.8. The molecule has 1 fully saturated rings. The van der Waals surface area contributed by atoms with Gasteiger partial charge in [-0.15, -0.1) is 0 Å². The molecule has 1 aromatic heterocycles. The molecule has 3 nitrogen and oxygen atoms in total. The van der Waals surface area contributed by atoms with Crippen LogP contribution in [0.15, 0.2) is 51.4 Å². The van der Waals surface area contributed by atoms with E-state index in [1.54, 1.807) is 0 Å². The van der Waals surface area contributed by atoms with E-state index in [0.29, 0.717) is 5.89 Å². The van der Waals surface area contributed by atoms with Gasteiger partial charge in [0.05, 0.1) is 0 Å². The maximum absolute atomic E-state index is 5.94. The van der Waals surface area contributed by atoms with Crippen LogP contribution in [0.5, 0.6) is 0 Å². The number of benzene rings is 2. The van der Waals surface area contributed by atoms with Crippen LogP contribution < -0.4 is 0 Å². The van der Waals surface area contributed by atoms with Crippen molar-refractivity contribution in [1.82, 2.24) is 9.88 Å². The Bertz CT molecular complexity index is 878. The van der Waals surface area contributed by atoms with Crippen LogP contribution >= 0.6 is 15.9 Å². The lowest BCUT2D eigenvalue weighted by Crippen LogP contribution is -2.38. The predicted molar refractivity (Wildman–Crippen MR) is 105 cm³/mol. The Hall–Kier alpha value is -1.65. The maximum atomic E-state index is 5.94. The van der Waals surface area contributed by atoms with Crippen LogP contribution in [0.2, 0.25) is 0 Å². The number of rotatable bonds is 3. The predicted octanol–water partition coefficient (Wildman–Crippen LogP) is 5.74. The van der Waals surface area contributed by atoms with Crippen LogP contribution in [0.3, 0.4) is 0 Å². The van der Waals surface area contributed by atoms with Gasteiger partial charge in [0, 0.05) is 29.7 Å². The third kappa shape index (κ3) is 3.80. The average Bonchev–Trinajstić information content (AvgIpc) is 2.97. The van der Waals surface area contributed by atoms with Gasteiger partial charge in [-0.25, -0.2) is 4.98 Å². The zero-order valence-electron chi connectivity index (χ0n) is 14.7. The summed E-state index contributed by atoms with van der Waals surface area (Å²) in [6, 6.07) is 14.4. The van der Waals surface area contributed by atoms with Crippen LogP contribution in [0.4, 0.5) is 0 Å². The first-order valence-corrected chi connectivity index (χ1v) is 9.74. The summed E-state index contributed by atoms with van der Waals surface area (Å²) in [5.41, 5.74) is 4.08. The lowest BCUT2D eigenvalue weighted by atomic mass is 9.91. The van der Waals surface area contributed by atoms with Crippen molar-refractivity contribution in [3.8, 4) is 11.5 Å². The number of piperidine rings is 1. The summed E-state index contributed by atoms with van der Waals surface area (Å²) in [5.74, 6) is 2.24. The van der Waals surface area contributed by atoms with Gasteiger partial charge < -0.3 is 4.42 Å². The van der Waals surface area contributed by atoms with Gasteiger partial charge in [-0.3, -0.25) is 4.90 Å². The molecule has 2 aromatic carbocycles. The van der Waals surface area contributed by atoms with Crippen molar-refractivity contribution in [3.63, 3.8) is 0 Å².